The van der Waals surface area contributed by atoms with Gasteiger partial charge in [-0.25, -0.2) is 4.39 Å². The molecule has 4 rings (SSSR count). The summed E-state index contributed by atoms with van der Waals surface area (Å²) in [5.74, 6) is 0.997. The van der Waals surface area contributed by atoms with Crippen LogP contribution in [0.15, 0.2) is 60.7 Å². The van der Waals surface area contributed by atoms with Gasteiger partial charge in [-0.3, -0.25) is 9.69 Å². The van der Waals surface area contributed by atoms with Crippen LogP contribution in [0.5, 0.6) is 11.5 Å². The Kier molecular flexibility index (Phi) is 7.17. The first kappa shape index (κ1) is 23.8. The van der Waals surface area contributed by atoms with Gasteiger partial charge in [-0.15, -0.1) is 0 Å². The minimum Gasteiger partial charge on any atom is -0.493 e. The smallest absolute Gasteiger partial charge is 0.251 e. The molecule has 0 aromatic heterocycles. The van der Waals surface area contributed by atoms with E-state index in [2.05, 4.69) is 10.2 Å². The fourth-order valence-electron chi connectivity index (χ4n) is 4.69. The van der Waals surface area contributed by atoms with Crippen LogP contribution in [0.4, 0.5) is 4.39 Å². The van der Waals surface area contributed by atoms with E-state index in [1.807, 2.05) is 62.4 Å². The van der Waals surface area contributed by atoms with Crippen molar-refractivity contribution >= 4 is 5.91 Å². The number of nitrogens with one attached hydrogen (secondary N) is 1. The topological polar surface area (TPSA) is 50.8 Å². The summed E-state index contributed by atoms with van der Waals surface area (Å²) in [6.07, 6.45) is 0.839. The predicted molar refractivity (Wildman–Crippen MR) is 131 cm³/mol. The largest absolute Gasteiger partial charge is 0.493 e. The minimum atomic E-state index is -0.250. The van der Waals surface area contributed by atoms with E-state index in [0.717, 1.165) is 29.7 Å². The summed E-state index contributed by atoms with van der Waals surface area (Å²) in [5.41, 5.74) is 5.03. The molecule has 0 unspecified atom stereocenters. The number of halogens is 1. The molecule has 0 bridgehead atoms. The van der Waals surface area contributed by atoms with Crippen molar-refractivity contribution < 1.29 is 18.7 Å². The maximum atomic E-state index is 13.5. The van der Waals surface area contributed by atoms with Crippen molar-refractivity contribution in [3.63, 3.8) is 0 Å². The van der Waals surface area contributed by atoms with Crippen molar-refractivity contribution in [2.45, 2.75) is 38.9 Å². The predicted octanol–water partition coefficient (Wildman–Crippen LogP) is 5.07. The number of aryl methyl sites for hydroxylation is 1. The third kappa shape index (κ3) is 5.07. The summed E-state index contributed by atoms with van der Waals surface area (Å²) in [6, 6.07) is 17.9. The molecule has 0 spiro atoms. The van der Waals surface area contributed by atoms with Crippen LogP contribution in [0.1, 0.15) is 45.6 Å². The monoisotopic (exact) mass is 462 g/mol. The fraction of sp³-hybridized carbons (Fsp3) is 0.321. The van der Waals surface area contributed by atoms with E-state index in [4.69, 9.17) is 9.47 Å². The first-order valence-corrected chi connectivity index (χ1v) is 11.5. The van der Waals surface area contributed by atoms with E-state index in [9.17, 15) is 9.18 Å². The Balaban J connectivity index is 1.67. The number of amides is 1. The Labute approximate surface area is 200 Å². The van der Waals surface area contributed by atoms with Crippen LogP contribution in [-0.4, -0.2) is 37.6 Å². The lowest BCUT2D eigenvalue weighted by molar-refractivity contribution is 0.0877. The van der Waals surface area contributed by atoms with E-state index < -0.39 is 0 Å². The van der Waals surface area contributed by atoms with Gasteiger partial charge in [-0.1, -0.05) is 29.8 Å². The number of fused-ring (bicyclic) bond motifs is 1. The van der Waals surface area contributed by atoms with Crippen LogP contribution in [0.25, 0.3) is 0 Å². The lowest BCUT2D eigenvalue weighted by atomic mass is 9.87. The van der Waals surface area contributed by atoms with Gasteiger partial charge in [0.25, 0.3) is 5.91 Å². The molecule has 6 heteroatoms. The second-order valence-electron chi connectivity index (χ2n) is 8.83. The highest BCUT2D eigenvalue weighted by molar-refractivity contribution is 5.94. The summed E-state index contributed by atoms with van der Waals surface area (Å²) in [7, 11) is 3.26. The number of nitrogens with zero attached hydrogens (tertiary/aromatic N) is 1. The number of carbonyl (C=O) groups excluding carboxylic acids is 1. The van der Waals surface area contributed by atoms with Crippen molar-refractivity contribution in [2.75, 3.05) is 20.8 Å². The number of methoxy groups -OCH3 is 2. The van der Waals surface area contributed by atoms with Crippen LogP contribution < -0.4 is 14.8 Å². The quantitative estimate of drug-likeness (QED) is 0.533. The normalized spacial score (nSPS) is 16.4. The molecular weight excluding hydrogens is 431 g/mol. The first-order chi connectivity index (χ1) is 16.4. The molecule has 3 aromatic carbocycles. The SMILES string of the molecule is COc1cc2c(cc1OC)[C@H]([C@H](C)NC(=O)c1ccc(C)cc1)N(Cc1ccc(F)cc1)CC2. The minimum absolute atomic E-state index is 0.0944. The average Bonchev–Trinajstić information content (AvgIpc) is 2.84. The lowest BCUT2D eigenvalue weighted by Crippen LogP contribution is -2.47. The average molecular weight is 463 g/mol. The van der Waals surface area contributed by atoms with Gasteiger partial charge in [0, 0.05) is 24.7 Å². The maximum absolute atomic E-state index is 13.5. The molecular formula is C28H31FN2O3. The number of benzene rings is 3. The van der Waals surface area contributed by atoms with Crippen LogP contribution in [0.3, 0.4) is 0 Å². The highest BCUT2D eigenvalue weighted by atomic mass is 19.1. The zero-order chi connectivity index (χ0) is 24.2. The van der Waals surface area contributed by atoms with Gasteiger partial charge in [-0.05, 0) is 73.4 Å². The zero-order valence-corrected chi connectivity index (χ0v) is 20.1. The molecule has 0 saturated carbocycles. The van der Waals surface area contributed by atoms with Gasteiger partial charge in [0.1, 0.15) is 5.82 Å². The number of hydrogen-bond acceptors (Lipinski definition) is 4. The third-order valence-corrected chi connectivity index (χ3v) is 6.47. The summed E-state index contributed by atoms with van der Waals surface area (Å²) >= 11 is 0. The molecule has 0 saturated heterocycles. The number of carbonyl (C=O) groups is 1. The Morgan fingerprint density at radius 1 is 1.06 bits per heavy atom. The molecule has 0 radical (unpaired) electrons. The second-order valence-corrected chi connectivity index (χ2v) is 8.83. The number of hydrogen-bond donors (Lipinski definition) is 1. The molecule has 1 amide bonds. The highest BCUT2D eigenvalue weighted by Gasteiger charge is 2.34. The standard InChI is InChI=1S/C28H31FN2O3/c1-18-5-9-21(10-6-18)28(32)30-19(2)27-24-16-26(34-4)25(33-3)15-22(24)13-14-31(27)17-20-7-11-23(29)12-8-20/h5-12,15-16,19,27H,13-14,17H2,1-4H3,(H,30,32)/t19-,27-/m0/s1. The summed E-state index contributed by atoms with van der Waals surface area (Å²) in [5, 5.41) is 3.20. The summed E-state index contributed by atoms with van der Waals surface area (Å²) in [4.78, 5) is 15.4. The van der Waals surface area contributed by atoms with Gasteiger partial charge < -0.3 is 14.8 Å². The Morgan fingerprint density at radius 3 is 2.35 bits per heavy atom. The molecule has 1 heterocycles. The van der Waals surface area contributed by atoms with Crippen LogP contribution >= 0.6 is 0 Å². The van der Waals surface area contributed by atoms with Gasteiger partial charge >= 0.3 is 0 Å². The lowest BCUT2D eigenvalue weighted by Gasteiger charge is -2.41. The van der Waals surface area contributed by atoms with E-state index in [-0.39, 0.29) is 23.8 Å². The van der Waals surface area contributed by atoms with Crippen LogP contribution in [-0.2, 0) is 13.0 Å². The molecule has 5 nitrogen and oxygen atoms in total. The summed E-state index contributed by atoms with van der Waals surface area (Å²) in [6.45, 7) is 5.47. The van der Waals surface area contributed by atoms with Gasteiger partial charge in [0.15, 0.2) is 11.5 Å². The molecule has 2 atom stereocenters. The van der Waals surface area contributed by atoms with E-state index in [0.29, 0.717) is 23.6 Å². The number of rotatable bonds is 7. The molecule has 34 heavy (non-hydrogen) atoms. The van der Waals surface area contributed by atoms with E-state index in [1.165, 1.54) is 17.7 Å². The zero-order valence-electron chi connectivity index (χ0n) is 20.1. The molecule has 0 fully saturated rings. The molecule has 178 valence electrons. The molecule has 1 N–H and O–H groups in total. The van der Waals surface area contributed by atoms with Crippen molar-refractivity contribution in [1.29, 1.82) is 0 Å². The Bertz CT molecular complexity index is 1150. The molecule has 1 aliphatic rings. The van der Waals surface area contributed by atoms with E-state index >= 15 is 0 Å². The first-order valence-electron chi connectivity index (χ1n) is 11.5. The van der Waals surface area contributed by atoms with Crippen molar-refractivity contribution in [2.24, 2.45) is 0 Å². The van der Waals surface area contributed by atoms with E-state index in [1.54, 1.807) is 14.2 Å². The third-order valence-electron chi connectivity index (χ3n) is 6.47. The van der Waals surface area contributed by atoms with Crippen LogP contribution in [0.2, 0.25) is 0 Å². The highest BCUT2D eigenvalue weighted by Crippen LogP contribution is 2.40. The van der Waals surface area contributed by atoms with Crippen molar-refractivity contribution in [3.05, 3.63) is 94.3 Å². The summed E-state index contributed by atoms with van der Waals surface area (Å²) < 4.78 is 24.6. The van der Waals surface area contributed by atoms with Gasteiger partial charge in [-0.2, -0.15) is 0 Å². The Hall–Kier alpha value is -3.38. The molecule has 0 aliphatic carbocycles. The molecule has 1 aliphatic heterocycles. The van der Waals surface area contributed by atoms with Crippen molar-refractivity contribution in [3.8, 4) is 11.5 Å². The van der Waals surface area contributed by atoms with Gasteiger partial charge in [0.2, 0.25) is 0 Å². The Morgan fingerprint density at radius 2 is 1.71 bits per heavy atom. The molecule has 3 aromatic rings. The van der Waals surface area contributed by atoms with Crippen LogP contribution in [0, 0.1) is 12.7 Å². The fourth-order valence-corrected chi connectivity index (χ4v) is 4.69. The second kappa shape index (κ2) is 10.3. The van der Waals surface area contributed by atoms with Crippen molar-refractivity contribution in [1.82, 2.24) is 10.2 Å². The number of ether oxygens (including phenoxy) is 2. The maximum Gasteiger partial charge on any atom is 0.251 e. The van der Waals surface area contributed by atoms with Gasteiger partial charge in [0.05, 0.1) is 20.3 Å².